The van der Waals surface area contributed by atoms with Crippen LogP contribution in [0.15, 0.2) is 60.7 Å². The molecule has 0 atom stereocenters. The second kappa shape index (κ2) is 15.1. The number of unbranched alkanes of at least 4 members (excludes halogenated alkanes) is 2. The first-order chi connectivity index (χ1) is 21.0. The maximum Gasteiger partial charge on any atom is 0.194 e. The van der Waals surface area contributed by atoms with Crippen LogP contribution in [-0.4, -0.2) is 24.4 Å². The summed E-state index contributed by atoms with van der Waals surface area (Å²) in [7, 11) is 0. The van der Waals surface area contributed by atoms with Gasteiger partial charge in [0.2, 0.25) is 0 Å². The first kappa shape index (κ1) is 32.8. The predicted octanol–water partition coefficient (Wildman–Crippen LogP) is 9.29. The molecule has 0 aliphatic rings. The fraction of sp³-hybridized carbons (Fsp3) is 0.273. The Morgan fingerprint density at radius 2 is 0.841 bits per heavy atom. The molecule has 0 radical (unpaired) electrons. The van der Waals surface area contributed by atoms with E-state index in [1.807, 2.05) is 0 Å². The van der Waals surface area contributed by atoms with Gasteiger partial charge < -0.3 is 14.6 Å². The topological polar surface area (TPSA) is 38.7 Å². The highest BCUT2D eigenvalue weighted by Gasteiger charge is 2.16. The van der Waals surface area contributed by atoms with Crippen molar-refractivity contribution >= 4 is 0 Å². The van der Waals surface area contributed by atoms with Crippen molar-refractivity contribution in [1.82, 2.24) is 0 Å². The summed E-state index contributed by atoms with van der Waals surface area (Å²) in [4.78, 5) is 0. The Morgan fingerprint density at radius 1 is 0.477 bits per heavy atom. The molecule has 0 aromatic heterocycles. The van der Waals surface area contributed by atoms with E-state index in [-0.39, 0.29) is 47.0 Å². The lowest BCUT2D eigenvalue weighted by molar-refractivity contribution is 0.143. The molecule has 0 aliphatic carbocycles. The van der Waals surface area contributed by atoms with Crippen LogP contribution in [0.1, 0.15) is 38.5 Å². The highest BCUT2D eigenvalue weighted by atomic mass is 19.2. The molecule has 0 amide bonds. The molecule has 4 aromatic carbocycles. The third kappa shape index (κ3) is 8.49. The molecule has 4 rings (SSSR count). The lowest BCUT2D eigenvalue weighted by atomic mass is 10.0. The Bertz CT molecular complexity index is 1430. The van der Waals surface area contributed by atoms with Gasteiger partial charge in [0.25, 0.3) is 0 Å². The number of aliphatic hydroxyl groups is 1. The first-order valence-electron chi connectivity index (χ1n) is 13.9. The van der Waals surface area contributed by atoms with E-state index in [4.69, 9.17) is 9.47 Å². The summed E-state index contributed by atoms with van der Waals surface area (Å²) >= 11 is 0. The average Bonchev–Trinajstić information content (AvgIpc) is 2.98. The first-order valence-corrected chi connectivity index (χ1v) is 13.9. The van der Waals surface area contributed by atoms with Crippen LogP contribution >= 0.6 is 0 Å². The number of aliphatic hydroxyl groups excluding tert-OH is 1. The number of benzene rings is 4. The summed E-state index contributed by atoms with van der Waals surface area (Å²) in [6.07, 6.45) is 2.90. The monoisotopic (exact) mass is 624 g/mol. The minimum Gasteiger partial charge on any atom is -0.493 e. The SMILES string of the molecule is OC(CCCCOc1ccc(-c2cc(F)c(F)c(F)c2)c(F)c1)CCCCOc1ccc(-c2cc(F)c(F)c(F)c2)c(F)c1. The highest BCUT2D eigenvalue weighted by molar-refractivity contribution is 5.66. The maximum absolute atomic E-state index is 14.5. The van der Waals surface area contributed by atoms with Gasteiger partial charge in [-0.25, -0.2) is 35.1 Å². The Balaban J connectivity index is 1.11. The van der Waals surface area contributed by atoms with Crippen molar-refractivity contribution in [2.24, 2.45) is 0 Å². The zero-order chi connectivity index (χ0) is 31.8. The van der Waals surface area contributed by atoms with Crippen LogP contribution in [0.25, 0.3) is 22.3 Å². The van der Waals surface area contributed by atoms with E-state index in [9.17, 15) is 40.2 Å². The number of hydrogen-bond donors (Lipinski definition) is 1. The van der Waals surface area contributed by atoms with Gasteiger partial charge in [0.1, 0.15) is 23.1 Å². The van der Waals surface area contributed by atoms with E-state index in [0.29, 0.717) is 62.8 Å². The standard InChI is InChI=1S/C33H28F8O3/c34-26-17-22(7-9-24(26)19-13-28(36)32(40)29(37)14-19)43-11-3-1-5-21(42)6-2-4-12-44-23-8-10-25(27(35)18-23)20-15-30(38)33(41)31(39)16-20/h7-10,13-18,21,42H,1-6,11-12H2. The van der Waals surface area contributed by atoms with Gasteiger partial charge in [-0.15, -0.1) is 0 Å². The van der Waals surface area contributed by atoms with Gasteiger partial charge in [-0.1, -0.05) is 0 Å². The van der Waals surface area contributed by atoms with Crippen molar-refractivity contribution in [3.63, 3.8) is 0 Å². The molecule has 0 bridgehead atoms. The van der Waals surface area contributed by atoms with Crippen molar-refractivity contribution in [3.05, 3.63) is 107 Å². The van der Waals surface area contributed by atoms with Crippen LogP contribution in [0.2, 0.25) is 0 Å². The van der Waals surface area contributed by atoms with E-state index in [0.717, 1.165) is 12.1 Å². The molecule has 44 heavy (non-hydrogen) atoms. The van der Waals surface area contributed by atoms with E-state index >= 15 is 0 Å². The van der Waals surface area contributed by atoms with Crippen molar-refractivity contribution in [1.29, 1.82) is 0 Å². The smallest absolute Gasteiger partial charge is 0.194 e. The van der Waals surface area contributed by atoms with Gasteiger partial charge in [0.15, 0.2) is 34.9 Å². The van der Waals surface area contributed by atoms with Gasteiger partial charge in [-0.3, -0.25) is 0 Å². The summed E-state index contributed by atoms with van der Waals surface area (Å²) in [5.41, 5.74) is -0.498. The molecule has 0 saturated heterocycles. The number of ether oxygens (including phenoxy) is 2. The van der Waals surface area contributed by atoms with E-state index in [2.05, 4.69) is 0 Å². The van der Waals surface area contributed by atoms with E-state index < -0.39 is 52.6 Å². The van der Waals surface area contributed by atoms with Crippen LogP contribution in [0.4, 0.5) is 35.1 Å². The zero-order valence-corrected chi connectivity index (χ0v) is 23.3. The Labute approximate surface area is 248 Å². The zero-order valence-electron chi connectivity index (χ0n) is 23.3. The molecule has 0 heterocycles. The van der Waals surface area contributed by atoms with Crippen molar-refractivity contribution in [3.8, 4) is 33.8 Å². The maximum atomic E-state index is 14.5. The summed E-state index contributed by atoms with van der Waals surface area (Å²) in [5.74, 6) is -10.1. The average molecular weight is 625 g/mol. The van der Waals surface area contributed by atoms with Crippen LogP contribution in [-0.2, 0) is 0 Å². The van der Waals surface area contributed by atoms with Crippen LogP contribution < -0.4 is 9.47 Å². The minimum atomic E-state index is -1.63. The molecular weight excluding hydrogens is 596 g/mol. The molecule has 11 heteroatoms. The fourth-order valence-corrected chi connectivity index (χ4v) is 4.55. The summed E-state index contributed by atoms with van der Waals surface area (Å²) in [6.45, 7) is 0.499. The quantitative estimate of drug-likeness (QED) is 0.0864. The van der Waals surface area contributed by atoms with E-state index in [1.54, 1.807) is 0 Å². The molecule has 234 valence electrons. The molecule has 0 saturated carbocycles. The Kier molecular flexibility index (Phi) is 11.2. The van der Waals surface area contributed by atoms with Gasteiger partial charge in [-0.05, 0) is 98.2 Å². The van der Waals surface area contributed by atoms with E-state index in [1.165, 1.54) is 24.3 Å². The second-order valence-corrected chi connectivity index (χ2v) is 10.1. The van der Waals surface area contributed by atoms with Crippen LogP contribution in [0.3, 0.4) is 0 Å². The van der Waals surface area contributed by atoms with Gasteiger partial charge >= 0.3 is 0 Å². The molecule has 0 aliphatic heterocycles. The molecule has 4 aromatic rings. The molecule has 0 fully saturated rings. The van der Waals surface area contributed by atoms with Gasteiger partial charge in [0.05, 0.1) is 19.3 Å². The largest absolute Gasteiger partial charge is 0.493 e. The van der Waals surface area contributed by atoms with Crippen LogP contribution in [0.5, 0.6) is 11.5 Å². The van der Waals surface area contributed by atoms with Crippen LogP contribution in [0, 0.1) is 46.5 Å². The third-order valence-electron chi connectivity index (χ3n) is 6.87. The second-order valence-electron chi connectivity index (χ2n) is 10.1. The van der Waals surface area contributed by atoms with Gasteiger partial charge in [-0.2, -0.15) is 0 Å². The number of rotatable bonds is 14. The molecular formula is C33H28F8O3. The minimum absolute atomic E-state index is 0.105. The fourth-order valence-electron chi connectivity index (χ4n) is 4.55. The Morgan fingerprint density at radius 3 is 1.18 bits per heavy atom. The van der Waals surface area contributed by atoms with Crippen molar-refractivity contribution in [2.75, 3.05) is 13.2 Å². The normalized spacial score (nSPS) is 11.3. The lowest BCUT2D eigenvalue weighted by Crippen LogP contribution is -2.08. The number of hydrogen-bond acceptors (Lipinski definition) is 3. The summed E-state index contributed by atoms with van der Waals surface area (Å²) < 4.78 is 120. The van der Waals surface area contributed by atoms with Gasteiger partial charge in [0, 0.05) is 23.3 Å². The molecule has 0 spiro atoms. The summed E-state index contributed by atoms with van der Waals surface area (Å²) in [5, 5.41) is 10.2. The highest BCUT2D eigenvalue weighted by Crippen LogP contribution is 2.30. The third-order valence-corrected chi connectivity index (χ3v) is 6.87. The molecule has 1 N–H and O–H groups in total. The predicted molar refractivity (Wildman–Crippen MR) is 148 cm³/mol. The molecule has 0 unspecified atom stereocenters. The summed E-state index contributed by atoms with van der Waals surface area (Å²) in [6, 6.07) is 10.4. The Hall–Kier alpha value is -4.12. The molecule has 3 nitrogen and oxygen atoms in total. The van der Waals surface area contributed by atoms with Crippen molar-refractivity contribution < 1.29 is 49.7 Å². The van der Waals surface area contributed by atoms with Crippen molar-refractivity contribution in [2.45, 2.75) is 44.6 Å². The number of halogens is 8. The lowest BCUT2D eigenvalue weighted by Gasteiger charge is -2.12.